The molecule has 0 amide bonds. The molecule has 1 heterocycles. The van der Waals surface area contributed by atoms with Crippen molar-refractivity contribution in [3.63, 3.8) is 0 Å². The summed E-state index contributed by atoms with van der Waals surface area (Å²) in [7, 11) is 0. The van der Waals surface area contributed by atoms with E-state index >= 15 is 0 Å². The quantitative estimate of drug-likeness (QED) is 0.673. The van der Waals surface area contributed by atoms with E-state index in [-0.39, 0.29) is 10.6 Å². The molecule has 0 unspecified atom stereocenters. The predicted molar refractivity (Wildman–Crippen MR) is 75.7 cm³/mol. The molecule has 1 N–H and O–H groups in total. The van der Waals surface area contributed by atoms with Gasteiger partial charge >= 0.3 is 0 Å². The molecule has 0 atom stereocenters. The SMILES string of the molecule is O=[N+]([O-])c1cc(Br)ccc1CNCc1ccsc1. The van der Waals surface area contributed by atoms with Crippen molar-refractivity contribution in [1.29, 1.82) is 0 Å². The Labute approximate surface area is 117 Å². The number of thiophene rings is 1. The summed E-state index contributed by atoms with van der Waals surface area (Å²) in [4.78, 5) is 10.6. The second kappa shape index (κ2) is 6.08. The third-order valence-electron chi connectivity index (χ3n) is 2.47. The molecule has 18 heavy (non-hydrogen) atoms. The summed E-state index contributed by atoms with van der Waals surface area (Å²) in [6.07, 6.45) is 0. The normalized spacial score (nSPS) is 10.5. The first-order valence-corrected chi connectivity index (χ1v) is 7.05. The van der Waals surface area contributed by atoms with E-state index in [1.807, 2.05) is 17.5 Å². The maximum Gasteiger partial charge on any atom is 0.275 e. The van der Waals surface area contributed by atoms with Gasteiger partial charge in [0.1, 0.15) is 0 Å². The van der Waals surface area contributed by atoms with Crippen molar-refractivity contribution in [1.82, 2.24) is 5.32 Å². The summed E-state index contributed by atoms with van der Waals surface area (Å²) >= 11 is 4.88. The van der Waals surface area contributed by atoms with Crippen LogP contribution in [-0.4, -0.2) is 4.92 Å². The summed E-state index contributed by atoms with van der Waals surface area (Å²) in [5, 5.41) is 18.2. The van der Waals surface area contributed by atoms with E-state index in [2.05, 4.69) is 26.6 Å². The highest BCUT2D eigenvalue weighted by molar-refractivity contribution is 9.10. The zero-order valence-electron chi connectivity index (χ0n) is 9.43. The van der Waals surface area contributed by atoms with Gasteiger partial charge in [-0.15, -0.1) is 0 Å². The van der Waals surface area contributed by atoms with Gasteiger partial charge in [0.2, 0.25) is 0 Å². The van der Waals surface area contributed by atoms with Crippen LogP contribution in [-0.2, 0) is 13.1 Å². The zero-order valence-corrected chi connectivity index (χ0v) is 11.8. The third-order valence-corrected chi connectivity index (χ3v) is 3.69. The van der Waals surface area contributed by atoms with Gasteiger partial charge in [0.15, 0.2) is 0 Å². The standard InChI is InChI=1S/C12H11BrN2O2S/c13-11-2-1-10(12(5-11)15(16)17)7-14-6-9-3-4-18-8-9/h1-5,8,14H,6-7H2. The minimum atomic E-state index is -0.355. The number of benzene rings is 1. The van der Waals surface area contributed by atoms with Crippen molar-refractivity contribution in [3.8, 4) is 0 Å². The second-order valence-electron chi connectivity index (χ2n) is 3.77. The molecule has 0 radical (unpaired) electrons. The highest BCUT2D eigenvalue weighted by Crippen LogP contribution is 2.23. The third kappa shape index (κ3) is 3.38. The minimum Gasteiger partial charge on any atom is -0.308 e. The van der Waals surface area contributed by atoms with Gasteiger partial charge in [0.05, 0.1) is 4.92 Å². The highest BCUT2D eigenvalue weighted by atomic mass is 79.9. The molecule has 2 rings (SSSR count). The van der Waals surface area contributed by atoms with Crippen LogP contribution in [0.1, 0.15) is 11.1 Å². The van der Waals surface area contributed by atoms with Crippen LogP contribution in [0.4, 0.5) is 5.69 Å². The van der Waals surface area contributed by atoms with Crippen LogP contribution in [0.3, 0.4) is 0 Å². The molecular weight excluding hydrogens is 316 g/mol. The lowest BCUT2D eigenvalue weighted by Crippen LogP contribution is -2.13. The van der Waals surface area contributed by atoms with Crippen LogP contribution in [0.5, 0.6) is 0 Å². The molecule has 0 aliphatic heterocycles. The fraction of sp³-hybridized carbons (Fsp3) is 0.167. The average Bonchev–Trinajstić information content (AvgIpc) is 2.84. The zero-order chi connectivity index (χ0) is 13.0. The number of hydrogen-bond acceptors (Lipinski definition) is 4. The van der Waals surface area contributed by atoms with Crippen LogP contribution in [0.2, 0.25) is 0 Å². The second-order valence-corrected chi connectivity index (χ2v) is 5.46. The first kappa shape index (κ1) is 13.2. The smallest absolute Gasteiger partial charge is 0.275 e. The Hall–Kier alpha value is -1.24. The van der Waals surface area contributed by atoms with Crippen LogP contribution in [0.25, 0.3) is 0 Å². The monoisotopic (exact) mass is 326 g/mol. The molecule has 0 spiro atoms. The number of nitrogens with zero attached hydrogens (tertiary/aromatic N) is 1. The van der Waals surface area contributed by atoms with E-state index in [9.17, 15) is 10.1 Å². The van der Waals surface area contributed by atoms with Crippen LogP contribution < -0.4 is 5.32 Å². The molecule has 6 heteroatoms. The molecule has 0 aliphatic rings. The van der Waals surface area contributed by atoms with E-state index < -0.39 is 0 Å². The molecule has 94 valence electrons. The van der Waals surface area contributed by atoms with E-state index in [4.69, 9.17) is 0 Å². The van der Waals surface area contributed by atoms with Gasteiger partial charge in [-0.05, 0) is 34.5 Å². The van der Waals surface area contributed by atoms with Gasteiger partial charge in [-0.2, -0.15) is 11.3 Å². The average molecular weight is 327 g/mol. The number of nitrogens with one attached hydrogen (secondary N) is 1. The van der Waals surface area contributed by atoms with Gasteiger partial charge in [0, 0.05) is 29.2 Å². The number of hydrogen-bond donors (Lipinski definition) is 1. The van der Waals surface area contributed by atoms with Crippen molar-refractivity contribution in [2.45, 2.75) is 13.1 Å². The maximum atomic E-state index is 10.9. The van der Waals surface area contributed by atoms with Crippen LogP contribution >= 0.6 is 27.3 Å². The predicted octanol–water partition coefficient (Wildman–Crippen LogP) is 3.71. The van der Waals surface area contributed by atoms with Crippen molar-refractivity contribution < 1.29 is 4.92 Å². The summed E-state index contributed by atoms with van der Waals surface area (Å²) in [6.45, 7) is 1.20. The summed E-state index contributed by atoms with van der Waals surface area (Å²) < 4.78 is 0.718. The molecule has 4 nitrogen and oxygen atoms in total. The minimum absolute atomic E-state index is 0.141. The Bertz CT molecular complexity index is 543. The van der Waals surface area contributed by atoms with Crippen molar-refractivity contribution in [3.05, 3.63) is 60.7 Å². The van der Waals surface area contributed by atoms with E-state index in [0.29, 0.717) is 12.1 Å². The topological polar surface area (TPSA) is 55.2 Å². The number of nitro benzene ring substituents is 1. The molecule has 0 bridgehead atoms. The molecule has 0 fully saturated rings. The molecule has 0 aliphatic carbocycles. The van der Waals surface area contributed by atoms with Gasteiger partial charge in [-0.3, -0.25) is 10.1 Å². The van der Waals surface area contributed by atoms with Gasteiger partial charge in [0.25, 0.3) is 5.69 Å². The van der Waals surface area contributed by atoms with Crippen LogP contribution in [0, 0.1) is 10.1 Å². The fourth-order valence-electron chi connectivity index (χ4n) is 1.59. The Morgan fingerprint density at radius 2 is 2.17 bits per heavy atom. The maximum absolute atomic E-state index is 10.9. The Balaban J connectivity index is 2.02. The van der Waals surface area contributed by atoms with Crippen molar-refractivity contribution in [2.75, 3.05) is 0 Å². The lowest BCUT2D eigenvalue weighted by Gasteiger charge is -2.05. The van der Waals surface area contributed by atoms with Gasteiger partial charge < -0.3 is 5.32 Å². The largest absolute Gasteiger partial charge is 0.308 e. The number of halogens is 1. The molecular formula is C12H11BrN2O2S. The fourth-order valence-corrected chi connectivity index (χ4v) is 2.61. The van der Waals surface area contributed by atoms with Crippen molar-refractivity contribution in [2.24, 2.45) is 0 Å². The first-order chi connectivity index (χ1) is 8.66. The first-order valence-electron chi connectivity index (χ1n) is 5.31. The molecule has 0 saturated heterocycles. The van der Waals surface area contributed by atoms with Gasteiger partial charge in [-0.1, -0.05) is 15.9 Å². The lowest BCUT2D eigenvalue weighted by atomic mass is 10.2. The Morgan fingerprint density at radius 3 is 2.83 bits per heavy atom. The molecule has 1 aromatic heterocycles. The number of nitro groups is 1. The van der Waals surface area contributed by atoms with Gasteiger partial charge in [-0.25, -0.2) is 0 Å². The summed E-state index contributed by atoms with van der Waals surface area (Å²) in [5.41, 5.74) is 2.03. The summed E-state index contributed by atoms with van der Waals surface area (Å²) in [6, 6.07) is 7.15. The Kier molecular flexibility index (Phi) is 4.46. The number of rotatable bonds is 5. The van der Waals surface area contributed by atoms with E-state index in [0.717, 1.165) is 11.0 Å². The molecule has 0 saturated carbocycles. The van der Waals surface area contributed by atoms with E-state index in [1.54, 1.807) is 17.4 Å². The lowest BCUT2D eigenvalue weighted by molar-refractivity contribution is -0.385. The highest BCUT2D eigenvalue weighted by Gasteiger charge is 2.13. The van der Waals surface area contributed by atoms with Crippen molar-refractivity contribution >= 4 is 33.0 Å². The Morgan fingerprint density at radius 1 is 1.33 bits per heavy atom. The molecule has 1 aromatic carbocycles. The van der Waals surface area contributed by atoms with Crippen LogP contribution in [0.15, 0.2) is 39.5 Å². The van der Waals surface area contributed by atoms with E-state index in [1.165, 1.54) is 11.6 Å². The molecule has 2 aromatic rings. The summed E-state index contributed by atoms with van der Waals surface area (Å²) in [5.74, 6) is 0.